The smallest absolute Gasteiger partial charge is 0.0906 e. The summed E-state index contributed by atoms with van der Waals surface area (Å²) in [4.78, 5) is 0. The van der Waals surface area contributed by atoms with Crippen molar-refractivity contribution >= 4 is 0 Å². The first-order chi connectivity index (χ1) is 5.79. The van der Waals surface area contributed by atoms with Crippen molar-refractivity contribution in [3.8, 4) is 0 Å². The molecule has 4 nitrogen and oxygen atoms in total. The number of rotatable bonds is 1. The SMILES string of the molecule is CC(C)n1nnc2c1COCC2. The van der Waals surface area contributed by atoms with Gasteiger partial charge in [0, 0.05) is 12.5 Å². The molecule has 4 heteroatoms. The second-order valence-electron chi connectivity index (χ2n) is 3.32. The Balaban J connectivity index is 2.38. The second-order valence-corrected chi connectivity index (χ2v) is 3.32. The minimum atomic E-state index is 0.378. The third-order valence-corrected chi connectivity index (χ3v) is 2.08. The van der Waals surface area contributed by atoms with Crippen LogP contribution in [0.25, 0.3) is 0 Å². The molecule has 0 spiro atoms. The van der Waals surface area contributed by atoms with E-state index >= 15 is 0 Å². The standard InChI is InChI=1S/C8H13N3O/c1-6(2)11-8-5-12-4-3-7(8)9-10-11/h6H,3-5H2,1-2H3. The molecule has 2 heterocycles. The molecule has 0 N–H and O–H groups in total. The Hall–Kier alpha value is -0.900. The summed E-state index contributed by atoms with van der Waals surface area (Å²) in [5.41, 5.74) is 2.26. The lowest BCUT2D eigenvalue weighted by Gasteiger charge is -2.14. The first-order valence-corrected chi connectivity index (χ1v) is 4.29. The van der Waals surface area contributed by atoms with Gasteiger partial charge in [-0.15, -0.1) is 5.10 Å². The van der Waals surface area contributed by atoms with E-state index in [1.54, 1.807) is 0 Å². The zero-order chi connectivity index (χ0) is 8.55. The van der Waals surface area contributed by atoms with Gasteiger partial charge >= 0.3 is 0 Å². The summed E-state index contributed by atoms with van der Waals surface area (Å²) in [6.07, 6.45) is 0.905. The number of aromatic nitrogens is 3. The number of ether oxygens (including phenoxy) is 1. The molecular weight excluding hydrogens is 154 g/mol. The Morgan fingerprint density at radius 1 is 1.50 bits per heavy atom. The lowest BCUT2D eigenvalue weighted by Crippen LogP contribution is -2.14. The van der Waals surface area contributed by atoms with Crippen LogP contribution in [0.5, 0.6) is 0 Å². The average molecular weight is 167 g/mol. The number of hydrogen-bond acceptors (Lipinski definition) is 3. The fourth-order valence-electron chi connectivity index (χ4n) is 1.44. The third-order valence-electron chi connectivity index (χ3n) is 2.08. The van der Waals surface area contributed by atoms with Crippen LogP contribution in [0.2, 0.25) is 0 Å². The Kier molecular flexibility index (Phi) is 1.84. The van der Waals surface area contributed by atoms with E-state index in [9.17, 15) is 0 Å². The van der Waals surface area contributed by atoms with Crippen LogP contribution in [0.15, 0.2) is 0 Å². The van der Waals surface area contributed by atoms with Gasteiger partial charge in [-0.1, -0.05) is 5.21 Å². The molecule has 1 aliphatic heterocycles. The maximum atomic E-state index is 5.34. The first-order valence-electron chi connectivity index (χ1n) is 4.29. The highest BCUT2D eigenvalue weighted by Gasteiger charge is 2.18. The maximum Gasteiger partial charge on any atom is 0.0906 e. The largest absolute Gasteiger partial charge is 0.375 e. The quantitative estimate of drug-likeness (QED) is 0.624. The van der Waals surface area contributed by atoms with Crippen molar-refractivity contribution < 1.29 is 4.74 Å². The van der Waals surface area contributed by atoms with Crippen LogP contribution in [0.3, 0.4) is 0 Å². The molecule has 0 aromatic carbocycles. The monoisotopic (exact) mass is 167 g/mol. The van der Waals surface area contributed by atoms with Crippen molar-refractivity contribution in [3.63, 3.8) is 0 Å². The molecule has 2 rings (SSSR count). The molecule has 1 aromatic rings. The highest BCUT2D eigenvalue weighted by atomic mass is 16.5. The first kappa shape index (κ1) is 7.73. The second kappa shape index (κ2) is 2.86. The summed E-state index contributed by atoms with van der Waals surface area (Å²) in [6.45, 7) is 5.65. The molecule has 0 saturated carbocycles. The molecule has 12 heavy (non-hydrogen) atoms. The summed E-state index contributed by atoms with van der Waals surface area (Å²) in [5, 5.41) is 8.19. The highest BCUT2D eigenvalue weighted by Crippen LogP contribution is 2.16. The summed E-state index contributed by atoms with van der Waals surface area (Å²) in [7, 11) is 0. The molecule has 0 bridgehead atoms. The molecule has 1 aliphatic rings. The van der Waals surface area contributed by atoms with Crippen LogP contribution in [0.4, 0.5) is 0 Å². The van der Waals surface area contributed by atoms with Gasteiger partial charge in [-0.05, 0) is 13.8 Å². The predicted octanol–water partition coefficient (Wildman–Crippen LogP) is 0.932. The topological polar surface area (TPSA) is 39.9 Å². The summed E-state index contributed by atoms with van der Waals surface area (Å²) >= 11 is 0. The van der Waals surface area contributed by atoms with Gasteiger partial charge in [0.05, 0.1) is 24.6 Å². The summed E-state index contributed by atoms with van der Waals surface area (Å²) in [6, 6.07) is 0.378. The van der Waals surface area contributed by atoms with Crippen molar-refractivity contribution in [2.45, 2.75) is 32.9 Å². The predicted molar refractivity (Wildman–Crippen MR) is 43.8 cm³/mol. The van der Waals surface area contributed by atoms with Crippen LogP contribution in [-0.4, -0.2) is 21.6 Å². The highest BCUT2D eigenvalue weighted by molar-refractivity contribution is 5.11. The Labute approximate surface area is 71.5 Å². The Morgan fingerprint density at radius 3 is 3.08 bits per heavy atom. The van der Waals surface area contributed by atoms with Gasteiger partial charge in [0.1, 0.15) is 0 Å². The van der Waals surface area contributed by atoms with Gasteiger partial charge in [-0.2, -0.15) is 0 Å². The van der Waals surface area contributed by atoms with E-state index in [0.717, 1.165) is 24.4 Å². The maximum absolute atomic E-state index is 5.34. The third kappa shape index (κ3) is 1.12. The lowest BCUT2D eigenvalue weighted by atomic mass is 10.2. The zero-order valence-electron chi connectivity index (χ0n) is 7.45. The molecule has 0 atom stereocenters. The molecule has 66 valence electrons. The van der Waals surface area contributed by atoms with E-state index in [4.69, 9.17) is 4.74 Å². The van der Waals surface area contributed by atoms with Crippen molar-refractivity contribution in [2.24, 2.45) is 0 Å². The van der Waals surface area contributed by atoms with Gasteiger partial charge in [-0.3, -0.25) is 0 Å². The van der Waals surface area contributed by atoms with Crippen molar-refractivity contribution in [3.05, 3.63) is 11.4 Å². The van der Waals surface area contributed by atoms with Gasteiger partial charge in [0.25, 0.3) is 0 Å². The normalized spacial score (nSPS) is 16.6. The van der Waals surface area contributed by atoms with Gasteiger partial charge in [-0.25, -0.2) is 4.68 Å². The van der Waals surface area contributed by atoms with Crippen LogP contribution in [0, 0.1) is 0 Å². The molecule has 0 saturated heterocycles. The van der Waals surface area contributed by atoms with Crippen LogP contribution >= 0.6 is 0 Å². The molecule has 1 aromatic heterocycles. The Morgan fingerprint density at radius 2 is 2.33 bits per heavy atom. The fraction of sp³-hybridized carbons (Fsp3) is 0.750. The molecule has 0 fully saturated rings. The average Bonchev–Trinajstić information content (AvgIpc) is 2.47. The van der Waals surface area contributed by atoms with E-state index in [-0.39, 0.29) is 0 Å². The van der Waals surface area contributed by atoms with Gasteiger partial charge in [0.15, 0.2) is 0 Å². The Bertz CT molecular complexity index is 280. The molecule has 0 aliphatic carbocycles. The van der Waals surface area contributed by atoms with Crippen molar-refractivity contribution in [1.82, 2.24) is 15.0 Å². The van der Waals surface area contributed by atoms with E-state index in [0.29, 0.717) is 12.6 Å². The lowest BCUT2D eigenvalue weighted by molar-refractivity contribution is 0.103. The van der Waals surface area contributed by atoms with Crippen LogP contribution in [-0.2, 0) is 17.8 Å². The minimum Gasteiger partial charge on any atom is -0.375 e. The number of nitrogens with zero attached hydrogens (tertiary/aromatic N) is 3. The molecule has 0 unspecified atom stereocenters. The number of fused-ring (bicyclic) bond motifs is 1. The van der Waals surface area contributed by atoms with Gasteiger partial charge in [0.2, 0.25) is 0 Å². The zero-order valence-corrected chi connectivity index (χ0v) is 7.45. The van der Waals surface area contributed by atoms with E-state index in [1.165, 1.54) is 0 Å². The molecular formula is C8H13N3O. The fourth-order valence-corrected chi connectivity index (χ4v) is 1.44. The molecule has 0 amide bonds. The van der Waals surface area contributed by atoms with Crippen molar-refractivity contribution in [1.29, 1.82) is 0 Å². The minimum absolute atomic E-state index is 0.378. The summed E-state index contributed by atoms with van der Waals surface area (Å²) in [5.74, 6) is 0. The van der Waals surface area contributed by atoms with E-state index in [1.807, 2.05) is 4.68 Å². The van der Waals surface area contributed by atoms with Gasteiger partial charge < -0.3 is 4.74 Å². The van der Waals surface area contributed by atoms with E-state index < -0.39 is 0 Å². The number of hydrogen-bond donors (Lipinski definition) is 0. The van der Waals surface area contributed by atoms with Crippen molar-refractivity contribution in [2.75, 3.05) is 6.61 Å². The van der Waals surface area contributed by atoms with Crippen LogP contribution < -0.4 is 0 Å². The molecule has 0 radical (unpaired) electrons. The van der Waals surface area contributed by atoms with Crippen LogP contribution in [0.1, 0.15) is 31.3 Å². The van der Waals surface area contributed by atoms with E-state index in [2.05, 4.69) is 24.2 Å². The summed E-state index contributed by atoms with van der Waals surface area (Å²) < 4.78 is 7.28.